The van der Waals surface area contributed by atoms with Crippen LogP contribution in [0.4, 0.5) is 0 Å². The Balaban J connectivity index is 1.40. The van der Waals surface area contributed by atoms with Crippen LogP contribution in [0.5, 0.6) is 0 Å². The summed E-state index contributed by atoms with van der Waals surface area (Å²) in [7, 11) is 1.79. The Labute approximate surface area is 161 Å². The van der Waals surface area contributed by atoms with Crippen LogP contribution in [-0.2, 0) is 4.74 Å². The highest BCUT2D eigenvalue weighted by Crippen LogP contribution is 2.39. The number of ether oxygens (including phenoxy) is 1. The third-order valence-corrected chi connectivity index (χ3v) is 5.91. The van der Waals surface area contributed by atoms with Gasteiger partial charge in [-0.15, -0.1) is 0 Å². The lowest BCUT2D eigenvalue weighted by atomic mass is 9.87. The second-order valence-corrected chi connectivity index (χ2v) is 7.59. The first-order valence-corrected chi connectivity index (χ1v) is 9.72. The van der Waals surface area contributed by atoms with Crippen molar-refractivity contribution >= 4 is 5.91 Å². The van der Waals surface area contributed by atoms with Crippen molar-refractivity contribution in [3.05, 3.63) is 65.5 Å². The number of carbonyl (C=O) groups excluding carboxylic acids is 1. The van der Waals surface area contributed by atoms with Gasteiger partial charge in [0.2, 0.25) is 0 Å². The van der Waals surface area contributed by atoms with E-state index in [1.807, 2.05) is 54.5 Å². The highest BCUT2D eigenvalue weighted by molar-refractivity contribution is 5.94. The minimum atomic E-state index is 0.152. The van der Waals surface area contributed by atoms with Gasteiger partial charge in [0.25, 0.3) is 5.91 Å². The molecule has 142 valence electrons. The normalized spacial score (nSPS) is 23.9. The van der Waals surface area contributed by atoms with Crippen molar-refractivity contribution in [1.29, 1.82) is 0 Å². The number of carbonyl (C=O) groups is 1. The van der Waals surface area contributed by atoms with Crippen LogP contribution in [0.25, 0.3) is 0 Å². The second-order valence-electron chi connectivity index (χ2n) is 7.59. The molecule has 1 aromatic carbocycles. The lowest BCUT2D eigenvalue weighted by molar-refractivity contribution is -0.115. The lowest BCUT2D eigenvalue weighted by Crippen LogP contribution is -2.60. The molecule has 0 N–H and O–H groups in total. The Morgan fingerprint density at radius 1 is 1.19 bits per heavy atom. The Morgan fingerprint density at radius 2 is 2.00 bits per heavy atom. The van der Waals surface area contributed by atoms with E-state index in [-0.39, 0.29) is 18.1 Å². The molecule has 2 atom stereocenters. The molecule has 3 heterocycles. The van der Waals surface area contributed by atoms with E-state index < -0.39 is 0 Å². The van der Waals surface area contributed by atoms with Gasteiger partial charge in [0.1, 0.15) is 0 Å². The molecule has 2 aliphatic heterocycles. The van der Waals surface area contributed by atoms with Gasteiger partial charge in [-0.1, -0.05) is 23.8 Å². The molecule has 27 heavy (non-hydrogen) atoms. The number of amides is 1. The number of nitrogens with zero attached hydrogens (tertiary/aromatic N) is 3. The van der Waals surface area contributed by atoms with Crippen LogP contribution in [0, 0.1) is 6.92 Å². The van der Waals surface area contributed by atoms with Crippen molar-refractivity contribution in [2.75, 3.05) is 26.7 Å². The summed E-state index contributed by atoms with van der Waals surface area (Å²) in [5, 5.41) is 0. The van der Waals surface area contributed by atoms with Crippen molar-refractivity contribution in [1.82, 2.24) is 14.8 Å². The summed E-state index contributed by atoms with van der Waals surface area (Å²) >= 11 is 0. The standard InChI is InChI=1S/C22H27N3O2/c1-16-5-3-6-17(13-16)22(26)24-11-8-19(9-12-24)25-15-20(27-2)21(25)18-7-4-10-23-14-18/h3-7,10,13-14,19-21H,8-9,11-12,15H2,1-2H3/t20-,21-/m0/s1. The van der Waals surface area contributed by atoms with Gasteiger partial charge < -0.3 is 9.64 Å². The molecule has 0 bridgehead atoms. The Kier molecular flexibility index (Phi) is 5.23. The van der Waals surface area contributed by atoms with E-state index in [2.05, 4.69) is 16.0 Å². The molecule has 0 spiro atoms. The number of hydrogen-bond acceptors (Lipinski definition) is 4. The third-order valence-electron chi connectivity index (χ3n) is 5.91. The molecule has 2 aliphatic rings. The predicted molar refractivity (Wildman–Crippen MR) is 105 cm³/mol. The van der Waals surface area contributed by atoms with E-state index in [0.29, 0.717) is 6.04 Å². The molecule has 0 unspecified atom stereocenters. The lowest BCUT2D eigenvalue weighted by Gasteiger charge is -2.52. The fourth-order valence-corrected chi connectivity index (χ4v) is 4.39. The first kappa shape index (κ1) is 18.1. The fraction of sp³-hybridized carbons (Fsp3) is 0.455. The highest BCUT2D eigenvalue weighted by Gasteiger charge is 2.44. The summed E-state index contributed by atoms with van der Waals surface area (Å²) in [6, 6.07) is 12.8. The SMILES string of the molecule is CO[C@H]1CN(C2CCN(C(=O)c3cccc(C)c3)CC2)[C@H]1c1cccnc1. The number of pyridine rings is 1. The maximum Gasteiger partial charge on any atom is 0.253 e. The van der Waals surface area contributed by atoms with E-state index in [9.17, 15) is 4.79 Å². The predicted octanol–water partition coefficient (Wildman–Crippen LogP) is 3.07. The van der Waals surface area contributed by atoms with Crippen molar-refractivity contribution in [3.63, 3.8) is 0 Å². The van der Waals surface area contributed by atoms with Crippen LogP contribution in [0.1, 0.15) is 40.4 Å². The zero-order chi connectivity index (χ0) is 18.8. The summed E-state index contributed by atoms with van der Waals surface area (Å²) < 4.78 is 5.67. The summed E-state index contributed by atoms with van der Waals surface area (Å²) in [6.07, 6.45) is 5.99. The van der Waals surface area contributed by atoms with E-state index in [0.717, 1.165) is 43.6 Å². The van der Waals surface area contributed by atoms with Gasteiger partial charge in [0.05, 0.1) is 12.1 Å². The zero-order valence-electron chi connectivity index (χ0n) is 16.0. The number of piperidine rings is 1. The summed E-state index contributed by atoms with van der Waals surface area (Å²) in [6.45, 7) is 4.60. The van der Waals surface area contributed by atoms with Gasteiger partial charge in [-0.25, -0.2) is 0 Å². The average molecular weight is 365 g/mol. The minimum Gasteiger partial charge on any atom is -0.378 e. The van der Waals surface area contributed by atoms with Crippen molar-refractivity contribution in [2.45, 2.75) is 38.0 Å². The molecule has 2 fully saturated rings. The fourth-order valence-electron chi connectivity index (χ4n) is 4.39. The van der Waals surface area contributed by atoms with Crippen LogP contribution >= 0.6 is 0 Å². The monoisotopic (exact) mass is 365 g/mol. The number of rotatable bonds is 4. The summed E-state index contributed by atoms with van der Waals surface area (Å²) in [4.78, 5) is 21.6. The molecule has 4 rings (SSSR count). The van der Waals surface area contributed by atoms with Gasteiger partial charge in [0, 0.05) is 50.7 Å². The number of benzene rings is 1. The topological polar surface area (TPSA) is 45.7 Å². The Hall–Kier alpha value is -2.24. The molecule has 2 saturated heterocycles. The summed E-state index contributed by atoms with van der Waals surface area (Å²) in [5.41, 5.74) is 3.14. The Morgan fingerprint density at radius 3 is 2.67 bits per heavy atom. The molecule has 5 nitrogen and oxygen atoms in total. The van der Waals surface area contributed by atoms with Gasteiger partial charge in [0.15, 0.2) is 0 Å². The largest absolute Gasteiger partial charge is 0.378 e. The first-order chi connectivity index (χ1) is 13.2. The third kappa shape index (κ3) is 3.62. The highest BCUT2D eigenvalue weighted by atomic mass is 16.5. The van der Waals surface area contributed by atoms with Crippen LogP contribution in [0.2, 0.25) is 0 Å². The number of likely N-dealkylation sites (tertiary alicyclic amines) is 2. The van der Waals surface area contributed by atoms with Gasteiger partial charge in [-0.2, -0.15) is 0 Å². The molecular weight excluding hydrogens is 338 g/mol. The van der Waals surface area contributed by atoms with Crippen molar-refractivity contribution < 1.29 is 9.53 Å². The molecule has 1 amide bonds. The van der Waals surface area contributed by atoms with Gasteiger partial charge in [-0.3, -0.25) is 14.7 Å². The summed E-state index contributed by atoms with van der Waals surface area (Å²) in [5.74, 6) is 0.152. The van der Waals surface area contributed by atoms with Crippen LogP contribution < -0.4 is 0 Å². The maximum atomic E-state index is 12.8. The molecule has 2 aromatic rings. The van der Waals surface area contributed by atoms with Crippen molar-refractivity contribution in [3.8, 4) is 0 Å². The molecular formula is C22H27N3O2. The Bertz CT molecular complexity index is 787. The van der Waals surface area contributed by atoms with Gasteiger partial charge >= 0.3 is 0 Å². The quantitative estimate of drug-likeness (QED) is 0.835. The number of methoxy groups -OCH3 is 1. The van der Waals surface area contributed by atoms with E-state index in [1.54, 1.807) is 7.11 Å². The zero-order valence-corrected chi connectivity index (χ0v) is 16.0. The van der Waals surface area contributed by atoms with Crippen molar-refractivity contribution in [2.24, 2.45) is 0 Å². The number of hydrogen-bond donors (Lipinski definition) is 0. The second kappa shape index (κ2) is 7.79. The van der Waals surface area contributed by atoms with Crippen LogP contribution in [0.3, 0.4) is 0 Å². The molecule has 1 aromatic heterocycles. The molecule has 5 heteroatoms. The maximum absolute atomic E-state index is 12.8. The van der Waals surface area contributed by atoms with E-state index >= 15 is 0 Å². The number of aromatic nitrogens is 1. The van der Waals surface area contributed by atoms with E-state index in [4.69, 9.17) is 4.74 Å². The first-order valence-electron chi connectivity index (χ1n) is 9.72. The van der Waals surface area contributed by atoms with Gasteiger partial charge in [-0.05, 0) is 43.5 Å². The van der Waals surface area contributed by atoms with Crippen LogP contribution in [0.15, 0.2) is 48.8 Å². The average Bonchev–Trinajstić information content (AvgIpc) is 2.68. The molecule has 0 aliphatic carbocycles. The van der Waals surface area contributed by atoms with Crippen LogP contribution in [-0.4, -0.2) is 59.6 Å². The van der Waals surface area contributed by atoms with E-state index in [1.165, 1.54) is 5.56 Å². The minimum absolute atomic E-state index is 0.152. The molecule has 0 saturated carbocycles. The number of aryl methyl sites for hydroxylation is 1. The smallest absolute Gasteiger partial charge is 0.253 e. The molecule has 0 radical (unpaired) electrons.